The van der Waals surface area contributed by atoms with Crippen LogP contribution in [0.2, 0.25) is 0 Å². The van der Waals surface area contributed by atoms with Crippen LogP contribution in [0.3, 0.4) is 0 Å². The Kier molecular flexibility index (Phi) is 4.03. The first kappa shape index (κ1) is 12.1. The van der Waals surface area contributed by atoms with E-state index in [1.54, 1.807) is 0 Å². The van der Waals surface area contributed by atoms with E-state index in [4.69, 9.17) is 0 Å². The highest BCUT2D eigenvalue weighted by atomic mass is 79.9. The predicted octanol–water partition coefficient (Wildman–Crippen LogP) is 2.91. The minimum atomic E-state index is 0.704. The molecule has 1 aromatic heterocycles. The van der Waals surface area contributed by atoms with Crippen LogP contribution in [0.25, 0.3) is 0 Å². The largest absolute Gasteiger partial charge is 0.308 e. The number of nitrogens with one attached hydrogen (secondary N) is 1. The van der Waals surface area contributed by atoms with Gasteiger partial charge in [0.1, 0.15) is 0 Å². The fraction of sp³-hybridized carbons (Fsp3) is 0.750. The van der Waals surface area contributed by atoms with Gasteiger partial charge >= 0.3 is 0 Å². The Balaban J connectivity index is 1.93. The molecular weight excluding hydrogens is 266 g/mol. The summed E-state index contributed by atoms with van der Waals surface area (Å²) in [6, 6.07) is 0.704. The van der Waals surface area contributed by atoms with Gasteiger partial charge in [0.15, 0.2) is 0 Å². The molecule has 1 N–H and O–H groups in total. The maximum absolute atomic E-state index is 4.40. The Labute approximate surface area is 106 Å². The van der Waals surface area contributed by atoms with Crippen molar-refractivity contribution in [3.8, 4) is 0 Å². The van der Waals surface area contributed by atoms with E-state index < -0.39 is 0 Å². The lowest BCUT2D eigenvalue weighted by Gasteiger charge is -2.22. The summed E-state index contributed by atoms with van der Waals surface area (Å²) in [5.74, 6) is 0. The highest BCUT2D eigenvalue weighted by Crippen LogP contribution is 2.22. The van der Waals surface area contributed by atoms with Crippen molar-refractivity contribution in [3.63, 3.8) is 0 Å². The average molecular weight is 286 g/mol. The SMILES string of the molecule is Cc1nn(C)c(CNC2CCCCC2)c1Br. The molecule has 1 heterocycles. The molecule has 0 amide bonds. The standard InChI is InChI=1S/C12H20BrN3/c1-9-12(13)11(16(2)15-9)8-14-10-6-4-3-5-7-10/h10,14H,3-8H2,1-2H3. The third kappa shape index (κ3) is 2.66. The fourth-order valence-electron chi connectivity index (χ4n) is 2.42. The second kappa shape index (κ2) is 5.32. The monoisotopic (exact) mass is 285 g/mol. The van der Waals surface area contributed by atoms with Gasteiger partial charge in [-0.1, -0.05) is 19.3 Å². The molecule has 3 nitrogen and oxygen atoms in total. The highest BCUT2D eigenvalue weighted by Gasteiger charge is 2.15. The lowest BCUT2D eigenvalue weighted by molar-refractivity contribution is 0.368. The van der Waals surface area contributed by atoms with Gasteiger partial charge in [-0.15, -0.1) is 0 Å². The summed E-state index contributed by atoms with van der Waals surface area (Å²) in [6.07, 6.45) is 6.82. The zero-order valence-electron chi connectivity index (χ0n) is 10.1. The molecule has 1 saturated carbocycles. The average Bonchev–Trinajstić information content (AvgIpc) is 2.53. The van der Waals surface area contributed by atoms with E-state index >= 15 is 0 Å². The number of rotatable bonds is 3. The molecule has 0 aliphatic heterocycles. The minimum Gasteiger partial charge on any atom is -0.308 e. The molecule has 2 rings (SSSR count). The van der Waals surface area contributed by atoms with Crippen molar-refractivity contribution in [2.75, 3.05) is 0 Å². The van der Waals surface area contributed by atoms with Gasteiger partial charge in [0.05, 0.1) is 15.9 Å². The summed E-state index contributed by atoms with van der Waals surface area (Å²) in [4.78, 5) is 0. The van der Waals surface area contributed by atoms with Crippen LogP contribution in [-0.2, 0) is 13.6 Å². The van der Waals surface area contributed by atoms with Crippen molar-refractivity contribution < 1.29 is 0 Å². The van der Waals surface area contributed by atoms with E-state index in [0.717, 1.165) is 16.7 Å². The molecule has 1 fully saturated rings. The summed E-state index contributed by atoms with van der Waals surface area (Å²) in [5, 5.41) is 8.05. The smallest absolute Gasteiger partial charge is 0.0739 e. The van der Waals surface area contributed by atoms with Crippen molar-refractivity contribution >= 4 is 15.9 Å². The quantitative estimate of drug-likeness (QED) is 0.926. The van der Waals surface area contributed by atoms with Gasteiger partial charge in [0, 0.05) is 19.6 Å². The van der Waals surface area contributed by atoms with Crippen molar-refractivity contribution in [2.24, 2.45) is 7.05 Å². The Morgan fingerprint density at radius 2 is 2.06 bits per heavy atom. The van der Waals surface area contributed by atoms with E-state index in [1.165, 1.54) is 37.8 Å². The van der Waals surface area contributed by atoms with Gasteiger partial charge in [-0.3, -0.25) is 4.68 Å². The summed E-state index contributed by atoms with van der Waals surface area (Å²) in [6.45, 7) is 2.96. The predicted molar refractivity (Wildman–Crippen MR) is 69.4 cm³/mol. The zero-order valence-corrected chi connectivity index (χ0v) is 11.7. The van der Waals surface area contributed by atoms with Crippen LogP contribution in [0.1, 0.15) is 43.5 Å². The topological polar surface area (TPSA) is 29.9 Å². The molecular formula is C12H20BrN3. The molecule has 1 aromatic rings. The van der Waals surface area contributed by atoms with Crippen LogP contribution in [0.15, 0.2) is 4.47 Å². The van der Waals surface area contributed by atoms with E-state index in [0.29, 0.717) is 6.04 Å². The second-order valence-corrected chi connectivity index (χ2v) is 5.48. The number of hydrogen-bond acceptors (Lipinski definition) is 2. The van der Waals surface area contributed by atoms with Gasteiger partial charge in [0.2, 0.25) is 0 Å². The van der Waals surface area contributed by atoms with Crippen LogP contribution in [-0.4, -0.2) is 15.8 Å². The number of aryl methyl sites for hydroxylation is 2. The third-order valence-electron chi connectivity index (χ3n) is 3.42. The molecule has 4 heteroatoms. The van der Waals surface area contributed by atoms with Gasteiger partial charge in [0.25, 0.3) is 0 Å². The Hall–Kier alpha value is -0.350. The molecule has 1 aliphatic rings. The third-order valence-corrected chi connectivity index (χ3v) is 4.46. The van der Waals surface area contributed by atoms with Gasteiger partial charge in [-0.2, -0.15) is 5.10 Å². The Morgan fingerprint density at radius 1 is 1.38 bits per heavy atom. The minimum absolute atomic E-state index is 0.704. The molecule has 0 bridgehead atoms. The lowest BCUT2D eigenvalue weighted by Crippen LogP contribution is -2.31. The second-order valence-electron chi connectivity index (χ2n) is 4.69. The maximum Gasteiger partial charge on any atom is 0.0739 e. The Bertz CT molecular complexity index is 353. The van der Waals surface area contributed by atoms with E-state index in [1.807, 2.05) is 18.7 Å². The molecule has 1 aliphatic carbocycles. The first-order valence-corrected chi connectivity index (χ1v) is 6.89. The number of halogens is 1. The maximum atomic E-state index is 4.40. The normalized spacial score (nSPS) is 17.9. The van der Waals surface area contributed by atoms with Crippen LogP contribution in [0, 0.1) is 6.92 Å². The highest BCUT2D eigenvalue weighted by molar-refractivity contribution is 9.10. The van der Waals surface area contributed by atoms with Crippen LogP contribution in [0.4, 0.5) is 0 Å². The summed E-state index contributed by atoms with van der Waals surface area (Å²) in [7, 11) is 2.01. The lowest BCUT2D eigenvalue weighted by atomic mass is 9.95. The van der Waals surface area contributed by atoms with Gasteiger partial charge < -0.3 is 5.32 Å². The summed E-state index contributed by atoms with van der Waals surface area (Å²) < 4.78 is 3.12. The van der Waals surface area contributed by atoms with Crippen LogP contribution >= 0.6 is 15.9 Å². The molecule has 0 radical (unpaired) electrons. The van der Waals surface area contributed by atoms with E-state index in [-0.39, 0.29) is 0 Å². The summed E-state index contributed by atoms with van der Waals surface area (Å²) in [5.41, 5.74) is 2.33. The zero-order chi connectivity index (χ0) is 11.5. The van der Waals surface area contributed by atoms with Crippen molar-refractivity contribution in [1.29, 1.82) is 0 Å². The molecule has 0 aromatic carbocycles. The van der Waals surface area contributed by atoms with Crippen molar-refractivity contribution in [1.82, 2.24) is 15.1 Å². The number of nitrogens with zero attached hydrogens (tertiary/aromatic N) is 2. The van der Waals surface area contributed by atoms with Crippen LogP contribution < -0.4 is 5.32 Å². The Morgan fingerprint density at radius 3 is 2.62 bits per heavy atom. The van der Waals surface area contributed by atoms with E-state index in [9.17, 15) is 0 Å². The number of hydrogen-bond donors (Lipinski definition) is 1. The molecule has 16 heavy (non-hydrogen) atoms. The first-order chi connectivity index (χ1) is 7.68. The molecule has 0 spiro atoms. The first-order valence-electron chi connectivity index (χ1n) is 6.10. The van der Waals surface area contributed by atoms with Gasteiger partial charge in [-0.25, -0.2) is 0 Å². The fourth-order valence-corrected chi connectivity index (χ4v) is 2.90. The molecule has 0 atom stereocenters. The summed E-state index contributed by atoms with van der Waals surface area (Å²) >= 11 is 3.60. The molecule has 0 saturated heterocycles. The van der Waals surface area contributed by atoms with Crippen molar-refractivity contribution in [2.45, 2.75) is 51.6 Å². The van der Waals surface area contributed by atoms with Crippen molar-refractivity contribution in [3.05, 3.63) is 15.9 Å². The van der Waals surface area contributed by atoms with Crippen LogP contribution in [0.5, 0.6) is 0 Å². The molecule has 0 unspecified atom stereocenters. The molecule has 90 valence electrons. The van der Waals surface area contributed by atoms with Gasteiger partial charge in [-0.05, 0) is 35.7 Å². The van der Waals surface area contributed by atoms with E-state index in [2.05, 4.69) is 26.3 Å². The number of aromatic nitrogens is 2.